The van der Waals surface area contributed by atoms with E-state index in [0.717, 1.165) is 39.7 Å². The van der Waals surface area contributed by atoms with Crippen molar-refractivity contribution in [3.63, 3.8) is 0 Å². The Hall–Kier alpha value is -7.11. The van der Waals surface area contributed by atoms with E-state index in [1.54, 1.807) is 0 Å². The summed E-state index contributed by atoms with van der Waals surface area (Å²) in [6.45, 7) is 23.7. The monoisotopic (exact) mass is 878 g/mol. The lowest BCUT2D eigenvalue weighted by molar-refractivity contribution is 0.481. The summed E-state index contributed by atoms with van der Waals surface area (Å²) >= 11 is 0. The Morgan fingerprint density at radius 1 is 0.433 bits per heavy atom. The molecule has 0 unspecified atom stereocenters. The van der Waals surface area contributed by atoms with E-state index in [1.807, 2.05) is 6.20 Å². The van der Waals surface area contributed by atoms with Crippen molar-refractivity contribution in [3.8, 4) is 17.3 Å². The van der Waals surface area contributed by atoms with Crippen LogP contribution in [0.5, 0.6) is 11.5 Å². The quantitative estimate of drug-likeness (QED) is 0.145. The highest BCUT2D eigenvalue weighted by molar-refractivity contribution is 6.12. The molecule has 5 nitrogen and oxygen atoms in total. The minimum Gasteiger partial charge on any atom is -0.457 e. The first-order chi connectivity index (χ1) is 32.0. The molecule has 0 saturated carbocycles. The predicted molar refractivity (Wildman–Crippen MR) is 282 cm³/mol. The van der Waals surface area contributed by atoms with Gasteiger partial charge in [-0.05, 0) is 105 Å². The Balaban J connectivity index is 1.08. The van der Waals surface area contributed by atoms with E-state index in [9.17, 15) is 0 Å². The first-order valence-corrected chi connectivity index (χ1v) is 23.7. The topological polar surface area (TPSA) is 33.5 Å². The van der Waals surface area contributed by atoms with Crippen molar-refractivity contribution < 1.29 is 4.74 Å². The Morgan fingerprint density at radius 3 is 1.70 bits per heavy atom. The first kappa shape index (κ1) is 43.8. The van der Waals surface area contributed by atoms with E-state index in [0.29, 0.717) is 6.67 Å². The van der Waals surface area contributed by atoms with Crippen LogP contribution in [0.2, 0.25) is 0 Å². The molecule has 10 rings (SSSR count). The number of ether oxygens (including phenoxy) is 1. The standard InChI is InChI=1S/C62H62N4O/c1-59(2,3)44-32-33-63-57(37-44)66-53-29-18-17-28-51(53)58-52(62(9,10)43-24-15-12-16-25-43)39-50(40-56(58)66)67-49-27-21-26-47(38-49)64-41-65(55-31-20-19-30-54(55)64)48-35-45(60(4,5)6)34-46(36-48)61(7,8)42-22-13-11-14-23-42/h11-40H,41H2,1-10H3. The lowest BCUT2D eigenvalue weighted by Gasteiger charge is -2.31. The van der Waals surface area contributed by atoms with Gasteiger partial charge in [0.2, 0.25) is 0 Å². The fraction of sp³-hybridized carbons (Fsp3) is 0.242. The number of anilines is 4. The average molecular weight is 879 g/mol. The van der Waals surface area contributed by atoms with Crippen LogP contribution in [0.3, 0.4) is 0 Å². The molecule has 5 heteroatoms. The molecule has 0 bridgehead atoms. The molecule has 336 valence electrons. The molecule has 0 saturated heterocycles. The van der Waals surface area contributed by atoms with Crippen LogP contribution in [0.15, 0.2) is 182 Å². The van der Waals surface area contributed by atoms with Gasteiger partial charge in [-0.2, -0.15) is 0 Å². The van der Waals surface area contributed by atoms with E-state index < -0.39 is 0 Å². The second kappa shape index (κ2) is 16.3. The summed E-state index contributed by atoms with van der Waals surface area (Å²) in [5.41, 5.74) is 13.7. The highest BCUT2D eigenvalue weighted by atomic mass is 16.5. The molecular weight excluding hydrogens is 817 g/mol. The van der Waals surface area contributed by atoms with Gasteiger partial charge in [0.05, 0.1) is 22.4 Å². The zero-order valence-electron chi connectivity index (χ0n) is 40.7. The van der Waals surface area contributed by atoms with E-state index in [1.165, 1.54) is 55.5 Å². The second-order valence-electron chi connectivity index (χ2n) is 21.5. The van der Waals surface area contributed by atoms with Crippen LogP contribution >= 0.6 is 0 Å². The van der Waals surface area contributed by atoms with Crippen molar-refractivity contribution in [2.45, 2.75) is 90.9 Å². The summed E-state index contributed by atoms with van der Waals surface area (Å²) in [6.07, 6.45) is 1.94. The number of hydrogen-bond donors (Lipinski definition) is 0. The maximum Gasteiger partial charge on any atom is 0.137 e. The maximum absolute atomic E-state index is 7.10. The first-order valence-electron chi connectivity index (χ1n) is 23.7. The van der Waals surface area contributed by atoms with Gasteiger partial charge in [0, 0.05) is 51.3 Å². The van der Waals surface area contributed by atoms with Gasteiger partial charge in [-0.3, -0.25) is 4.57 Å². The molecule has 2 aromatic heterocycles. The van der Waals surface area contributed by atoms with Crippen molar-refractivity contribution >= 4 is 44.6 Å². The van der Waals surface area contributed by atoms with E-state index in [2.05, 4.69) is 260 Å². The van der Waals surface area contributed by atoms with Crippen LogP contribution < -0.4 is 14.5 Å². The van der Waals surface area contributed by atoms with Gasteiger partial charge in [0.15, 0.2) is 0 Å². The van der Waals surface area contributed by atoms with Gasteiger partial charge in [0.25, 0.3) is 0 Å². The van der Waals surface area contributed by atoms with Crippen molar-refractivity contribution in [1.29, 1.82) is 0 Å². The van der Waals surface area contributed by atoms with Crippen molar-refractivity contribution in [3.05, 3.63) is 216 Å². The molecule has 1 aliphatic heterocycles. The largest absolute Gasteiger partial charge is 0.457 e. The zero-order valence-corrected chi connectivity index (χ0v) is 40.7. The third-order valence-corrected chi connectivity index (χ3v) is 14.2. The van der Waals surface area contributed by atoms with Crippen LogP contribution in [0.25, 0.3) is 27.6 Å². The van der Waals surface area contributed by atoms with Gasteiger partial charge < -0.3 is 14.5 Å². The predicted octanol–water partition coefficient (Wildman–Crippen LogP) is 16.5. The molecule has 0 amide bonds. The van der Waals surface area contributed by atoms with Crippen LogP contribution in [0.4, 0.5) is 22.7 Å². The van der Waals surface area contributed by atoms with Gasteiger partial charge in [0.1, 0.15) is 24.0 Å². The lowest BCUT2D eigenvalue weighted by atomic mass is 9.75. The molecule has 0 aliphatic carbocycles. The number of benzene rings is 7. The fourth-order valence-corrected chi connectivity index (χ4v) is 9.98. The molecule has 1 aliphatic rings. The molecule has 7 aromatic carbocycles. The minimum atomic E-state index is -0.362. The zero-order chi connectivity index (χ0) is 46.9. The fourth-order valence-electron chi connectivity index (χ4n) is 9.98. The molecule has 0 atom stereocenters. The number of aromatic nitrogens is 2. The summed E-state index contributed by atoms with van der Waals surface area (Å²) in [6, 6.07) is 63.8. The number of hydrogen-bond acceptors (Lipinski definition) is 4. The molecular formula is C62H62N4O. The van der Waals surface area contributed by atoms with Crippen molar-refractivity contribution in [1.82, 2.24) is 9.55 Å². The Labute approximate surface area is 397 Å². The summed E-state index contributed by atoms with van der Waals surface area (Å²) in [5.74, 6) is 2.44. The molecule has 67 heavy (non-hydrogen) atoms. The summed E-state index contributed by atoms with van der Waals surface area (Å²) in [7, 11) is 0. The van der Waals surface area contributed by atoms with Crippen LogP contribution in [0, 0.1) is 0 Å². The van der Waals surface area contributed by atoms with Gasteiger partial charge in [-0.1, -0.05) is 172 Å². The molecule has 0 N–H and O–H groups in total. The van der Waals surface area contributed by atoms with Crippen LogP contribution in [-0.4, -0.2) is 16.2 Å². The average Bonchev–Trinajstić information content (AvgIpc) is 3.88. The normalized spacial score (nSPS) is 13.4. The SMILES string of the molecule is CC(C)(C)c1cc(N2CN(c3cccc(Oc4cc(C(C)(C)c5ccccc5)c5c6ccccc6n(-c6cc(C(C)(C)C)ccn6)c5c4)c3)c3ccccc32)cc(C(C)(C)c2ccccc2)c1. The molecule has 0 radical (unpaired) electrons. The van der Waals surface area contributed by atoms with Crippen molar-refractivity contribution in [2.75, 3.05) is 16.5 Å². The van der Waals surface area contributed by atoms with E-state index in [-0.39, 0.29) is 21.7 Å². The van der Waals surface area contributed by atoms with E-state index >= 15 is 0 Å². The second-order valence-corrected chi connectivity index (χ2v) is 21.5. The van der Waals surface area contributed by atoms with Gasteiger partial charge in [-0.15, -0.1) is 0 Å². The third kappa shape index (κ3) is 7.94. The third-order valence-electron chi connectivity index (χ3n) is 14.2. The Kier molecular flexibility index (Phi) is 10.7. The summed E-state index contributed by atoms with van der Waals surface area (Å²) < 4.78 is 9.42. The molecule has 3 heterocycles. The highest BCUT2D eigenvalue weighted by Gasteiger charge is 2.33. The lowest BCUT2D eigenvalue weighted by Crippen LogP contribution is -2.26. The van der Waals surface area contributed by atoms with Gasteiger partial charge in [-0.25, -0.2) is 4.98 Å². The number of pyridine rings is 1. The number of nitrogens with zero attached hydrogens (tertiary/aromatic N) is 4. The van der Waals surface area contributed by atoms with Crippen molar-refractivity contribution in [2.24, 2.45) is 0 Å². The molecule has 0 spiro atoms. The molecule has 9 aromatic rings. The number of para-hydroxylation sites is 3. The molecule has 0 fully saturated rings. The van der Waals surface area contributed by atoms with Crippen LogP contribution in [0.1, 0.15) is 103 Å². The smallest absolute Gasteiger partial charge is 0.137 e. The minimum absolute atomic E-state index is 0.0390. The Bertz CT molecular complexity index is 3280. The van der Waals surface area contributed by atoms with Crippen LogP contribution in [-0.2, 0) is 21.7 Å². The number of fused-ring (bicyclic) bond motifs is 4. The Morgan fingerprint density at radius 2 is 1.03 bits per heavy atom. The highest BCUT2D eigenvalue weighted by Crippen LogP contribution is 2.48. The maximum atomic E-state index is 7.10. The summed E-state index contributed by atoms with van der Waals surface area (Å²) in [5, 5.41) is 2.39. The van der Waals surface area contributed by atoms with Gasteiger partial charge >= 0.3 is 0 Å². The number of rotatable bonds is 9. The summed E-state index contributed by atoms with van der Waals surface area (Å²) in [4.78, 5) is 9.90. The van der Waals surface area contributed by atoms with E-state index in [4.69, 9.17) is 9.72 Å².